The van der Waals surface area contributed by atoms with E-state index in [9.17, 15) is 0 Å². The molecule has 4 heteroatoms. The summed E-state index contributed by atoms with van der Waals surface area (Å²) in [5, 5.41) is 11.5. The number of rotatable bonds is 2. The van der Waals surface area contributed by atoms with Crippen LogP contribution in [-0.4, -0.2) is 23.3 Å². The van der Waals surface area contributed by atoms with Gasteiger partial charge in [0.2, 0.25) is 11.8 Å². The minimum Gasteiger partial charge on any atom is -0.417 e. The summed E-state index contributed by atoms with van der Waals surface area (Å²) < 4.78 is 5.65. The minimum absolute atomic E-state index is 0.580. The van der Waals surface area contributed by atoms with Gasteiger partial charge in [0.15, 0.2) is 0 Å². The number of hydrogen-bond acceptors (Lipinski definition) is 4. The summed E-state index contributed by atoms with van der Waals surface area (Å²) >= 11 is 0. The molecule has 4 nitrogen and oxygen atoms in total. The maximum atomic E-state index is 5.65. The number of hydrogen-bond donors (Lipinski definition) is 1. The highest BCUT2D eigenvalue weighted by Gasteiger charge is 2.09. The molecule has 1 aromatic heterocycles. The lowest BCUT2D eigenvalue weighted by Gasteiger charge is -2.13. The third-order valence-corrected chi connectivity index (χ3v) is 3.03. The van der Waals surface area contributed by atoms with E-state index in [-0.39, 0.29) is 0 Å². The van der Waals surface area contributed by atoms with Crippen LogP contribution >= 0.6 is 0 Å². The molecule has 1 aliphatic rings. The number of aromatic nitrogens is 2. The average Bonchev–Trinajstić information content (AvgIpc) is 2.89. The summed E-state index contributed by atoms with van der Waals surface area (Å²) in [5.41, 5.74) is 2.33. The van der Waals surface area contributed by atoms with Gasteiger partial charge in [-0.15, -0.1) is 10.2 Å². The smallest absolute Gasteiger partial charge is 0.248 e. The molecule has 0 unspecified atom stereocenters. The van der Waals surface area contributed by atoms with Gasteiger partial charge in [-0.25, -0.2) is 0 Å². The van der Waals surface area contributed by atoms with Crippen LogP contribution in [0.2, 0.25) is 0 Å². The molecule has 1 aliphatic heterocycles. The Morgan fingerprint density at radius 2 is 1.83 bits per heavy atom. The molecule has 92 valence electrons. The molecule has 1 fully saturated rings. The third kappa shape index (κ3) is 2.49. The standard InChI is InChI=1S/C14H15N3O/c1-2-4-12(5-3-1)14-17-16-13(18-14)10-11-6-8-15-9-7-11/h1-5,10,15H,6-9H2. The first kappa shape index (κ1) is 11.2. The molecule has 3 rings (SSSR count). The first-order chi connectivity index (χ1) is 8.92. The van der Waals surface area contributed by atoms with Crippen LogP contribution < -0.4 is 5.32 Å². The maximum absolute atomic E-state index is 5.65. The van der Waals surface area contributed by atoms with E-state index in [1.807, 2.05) is 36.4 Å². The highest BCUT2D eigenvalue weighted by molar-refractivity contribution is 5.53. The zero-order chi connectivity index (χ0) is 12.2. The second-order valence-electron chi connectivity index (χ2n) is 4.36. The van der Waals surface area contributed by atoms with Crippen LogP contribution in [0, 0.1) is 0 Å². The van der Waals surface area contributed by atoms with Crippen LogP contribution in [0.15, 0.2) is 40.3 Å². The van der Waals surface area contributed by atoms with Gasteiger partial charge in [0.25, 0.3) is 0 Å². The van der Waals surface area contributed by atoms with Crippen molar-refractivity contribution in [3.05, 3.63) is 41.8 Å². The van der Waals surface area contributed by atoms with E-state index in [0.29, 0.717) is 11.8 Å². The number of nitrogens with zero attached hydrogens (tertiary/aromatic N) is 2. The molecule has 2 heterocycles. The molecular formula is C14H15N3O. The highest BCUT2D eigenvalue weighted by Crippen LogP contribution is 2.20. The Balaban J connectivity index is 1.81. The summed E-state index contributed by atoms with van der Waals surface area (Å²) in [6.07, 6.45) is 4.13. The van der Waals surface area contributed by atoms with Crippen LogP contribution in [0.1, 0.15) is 18.7 Å². The highest BCUT2D eigenvalue weighted by atomic mass is 16.4. The summed E-state index contributed by atoms with van der Waals surface area (Å²) in [4.78, 5) is 0. The summed E-state index contributed by atoms with van der Waals surface area (Å²) in [6, 6.07) is 9.83. The molecule has 18 heavy (non-hydrogen) atoms. The molecular weight excluding hydrogens is 226 g/mol. The Morgan fingerprint density at radius 3 is 2.61 bits per heavy atom. The van der Waals surface area contributed by atoms with E-state index in [1.165, 1.54) is 5.57 Å². The second-order valence-corrected chi connectivity index (χ2v) is 4.36. The lowest BCUT2D eigenvalue weighted by Crippen LogP contribution is -2.22. The van der Waals surface area contributed by atoms with Gasteiger partial charge in [-0.1, -0.05) is 23.8 Å². The molecule has 0 radical (unpaired) electrons. The number of benzene rings is 1. The van der Waals surface area contributed by atoms with Crippen molar-refractivity contribution in [3.8, 4) is 11.5 Å². The Morgan fingerprint density at radius 1 is 1.06 bits per heavy atom. The van der Waals surface area contributed by atoms with Gasteiger partial charge in [0, 0.05) is 11.6 Å². The van der Waals surface area contributed by atoms with Crippen LogP contribution in [0.4, 0.5) is 0 Å². The van der Waals surface area contributed by atoms with E-state index >= 15 is 0 Å². The van der Waals surface area contributed by atoms with Gasteiger partial charge >= 0.3 is 0 Å². The van der Waals surface area contributed by atoms with Gasteiger partial charge in [-0.05, 0) is 38.1 Å². The molecule has 1 saturated heterocycles. The van der Waals surface area contributed by atoms with Crippen LogP contribution in [0.25, 0.3) is 17.5 Å². The summed E-state index contributed by atoms with van der Waals surface area (Å²) in [5.74, 6) is 1.18. The lowest BCUT2D eigenvalue weighted by molar-refractivity contribution is 0.553. The Kier molecular flexibility index (Phi) is 3.19. The van der Waals surface area contributed by atoms with Gasteiger partial charge in [0.05, 0.1) is 0 Å². The Bertz CT molecular complexity index is 537. The third-order valence-electron chi connectivity index (χ3n) is 3.03. The van der Waals surface area contributed by atoms with E-state index in [2.05, 4.69) is 15.5 Å². The summed E-state index contributed by atoms with van der Waals surface area (Å²) in [7, 11) is 0. The first-order valence-corrected chi connectivity index (χ1v) is 6.21. The van der Waals surface area contributed by atoms with Gasteiger partial charge in [-0.3, -0.25) is 0 Å². The largest absolute Gasteiger partial charge is 0.417 e. The predicted molar refractivity (Wildman–Crippen MR) is 69.8 cm³/mol. The zero-order valence-electron chi connectivity index (χ0n) is 10.1. The minimum atomic E-state index is 0.580. The van der Waals surface area contributed by atoms with E-state index < -0.39 is 0 Å². The Labute approximate surface area is 106 Å². The Hall–Kier alpha value is -1.94. The normalized spacial score (nSPS) is 15.7. The van der Waals surface area contributed by atoms with Crippen molar-refractivity contribution in [2.24, 2.45) is 0 Å². The fraction of sp³-hybridized carbons (Fsp3) is 0.286. The molecule has 1 aromatic carbocycles. The quantitative estimate of drug-likeness (QED) is 0.877. The van der Waals surface area contributed by atoms with E-state index in [4.69, 9.17) is 4.42 Å². The van der Waals surface area contributed by atoms with Gasteiger partial charge in [0.1, 0.15) is 0 Å². The maximum Gasteiger partial charge on any atom is 0.248 e. The van der Waals surface area contributed by atoms with Crippen LogP contribution in [-0.2, 0) is 0 Å². The fourth-order valence-electron chi connectivity index (χ4n) is 2.06. The second kappa shape index (κ2) is 5.14. The number of nitrogens with one attached hydrogen (secondary N) is 1. The monoisotopic (exact) mass is 241 g/mol. The van der Waals surface area contributed by atoms with Crippen molar-refractivity contribution < 1.29 is 4.42 Å². The summed E-state index contributed by atoms with van der Waals surface area (Å²) in [6.45, 7) is 2.07. The molecule has 1 N–H and O–H groups in total. The van der Waals surface area contributed by atoms with Gasteiger partial charge < -0.3 is 9.73 Å². The molecule has 2 aromatic rings. The van der Waals surface area contributed by atoms with Crippen molar-refractivity contribution in [2.45, 2.75) is 12.8 Å². The molecule has 0 bridgehead atoms. The van der Waals surface area contributed by atoms with Crippen molar-refractivity contribution in [1.29, 1.82) is 0 Å². The molecule has 0 saturated carbocycles. The average molecular weight is 241 g/mol. The fourth-order valence-corrected chi connectivity index (χ4v) is 2.06. The van der Waals surface area contributed by atoms with E-state index in [0.717, 1.165) is 31.5 Å². The van der Waals surface area contributed by atoms with Crippen LogP contribution in [0.5, 0.6) is 0 Å². The lowest BCUT2D eigenvalue weighted by atomic mass is 10.1. The zero-order valence-corrected chi connectivity index (χ0v) is 10.1. The molecule has 0 atom stereocenters. The molecule has 0 amide bonds. The van der Waals surface area contributed by atoms with Crippen molar-refractivity contribution in [3.63, 3.8) is 0 Å². The van der Waals surface area contributed by atoms with Crippen LogP contribution in [0.3, 0.4) is 0 Å². The molecule has 0 aliphatic carbocycles. The van der Waals surface area contributed by atoms with Gasteiger partial charge in [-0.2, -0.15) is 0 Å². The predicted octanol–water partition coefficient (Wildman–Crippen LogP) is 2.50. The number of piperidine rings is 1. The van der Waals surface area contributed by atoms with E-state index in [1.54, 1.807) is 0 Å². The SMILES string of the molecule is C(=C1CCNCC1)c1nnc(-c2ccccc2)o1. The van der Waals surface area contributed by atoms with Crippen molar-refractivity contribution in [2.75, 3.05) is 13.1 Å². The first-order valence-electron chi connectivity index (χ1n) is 6.21. The topological polar surface area (TPSA) is 51.0 Å². The molecule has 0 spiro atoms. The van der Waals surface area contributed by atoms with Crippen molar-refractivity contribution in [1.82, 2.24) is 15.5 Å². The van der Waals surface area contributed by atoms with Crippen molar-refractivity contribution >= 4 is 6.08 Å².